The predicted molar refractivity (Wildman–Crippen MR) is 90.8 cm³/mol. The summed E-state index contributed by atoms with van der Waals surface area (Å²) >= 11 is 0. The number of carbonyl (C=O) groups is 1. The van der Waals surface area contributed by atoms with Crippen LogP contribution in [0.5, 0.6) is 0 Å². The van der Waals surface area contributed by atoms with Gasteiger partial charge in [0, 0.05) is 13.1 Å². The highest BCUT2D eigenvalue weighted by Gasteiger charge is 2.31. The Morgan fingerprint density at radius 2 is 2.04 bits per heavy atom. The standard InChI is InChI=1S/C16H31N3O3S/c1-3-23(21,22)19-11-6-8-15(13-19)16(20)17-9-12-18-10-5-4-7-14(18)2/h14-15H,3-13H2,1-2H3,(H,17,20)/p+1. The molecule has 0 radical (unpaired) electrons. The van der Waals surface area contributed by atoms with E-state index in [9.17, 15) is 13.2 Å². The van der Waals surface area contributed by atoms with Crippen molar-refractivity contribution in [2.24, 2.45) is 5.92 Å². The maximum Gasteiger partial charge on any atom is 0.224 e. The molecule has 0 aliphatic carbocycles. The molecule has 2 saturated heterocycles. The molecule has 2 heterocycles. The predicted octanol–water partition coefficient (Wildman–Crippen LogP) is -0.378. The summed E-state index contributed by atoms with van der Waals surface area (Å²) in [5.74, 6) is -0.0682. The molecule has 0 aromatic heterocycles. The van der Waals surface area contributed by atoms with Gasteiger partial charge in [-0.05, 0) is 46.0 Å². The third-order valence-corrected chi connectivity index (χ3v) is 7.19. The van der Waals surface area contributed by atoms with E-state index >= 15 is 0 Å². The van der Waals surface area contributed by atoms with Gasteiger partial charge in [0.25, 0.3) is 0 Å². The number of amides is 1. The highest BCUT2D eigenvalue weighted by Crippen LogP contribution is 2.19. The molecular formula is C16H32N3O3S+. The average Bonchev–Trinajstić information content (AvgIpc) is 2.56. The Balaban J connectivity index is 1.76. The van der Waals surface area contributed by atoms with Gasteiger partial charge in [-0.3, -0.25) is 4.79 Å². The molecule has 3 unspecified atom stereocenters. The maximum absolute atomic E-state index is 12.3. The molecule has 0 spiro atoms. The van der Waals surface area contributed by atoms with Crippen molar-refractivity contribution in [2.45, 2.75) is 52.0 Å². The van der Waals surface area contributed by atoms with Gasteiger partial charge in [0.15, 0.2) is 0 Å². The van der Waals surface area contributed by atoms with Gasteiger partial charge in [0.1, 0.15) is 0 Å². The summed E-state index contributed by atoms with van der Waals surface area (Å²) in [6.07, 6.45) is 5.43. The van der Waals surface area contributed by atoms with E-state index in [0.29, 0.717) is 25.7 Å². The molecule has 0 bridgehead atoms. The van der Waals surface area contributed by atoms with Crippen LogP contribution in [0.2, 0.25) is 0 Å². The quantitative estimate of drug-likeness (QED) is 0.689. The van der Waals surface area contributed by atoms with Crippen molar-refractivity contribution in [3.05, 3.63) is 0 Å². The number of nitrogens with zero attached hydrogens (tertiary/aromatic N) is 1. The Kier molecular flexibility index (Phi) is 6.85. The second-order valence-corrected chi connectivity index (χ2v) is 9.20. The number of quaternary nitrogens is 1. The second kappa shape index (κ2) is 8.44. The van der Waals surface area contributed by atoms with Crippen molar-refractivity contribution in [1.82, 2.24) is 9.62 Å². The minimum Gasteiger partial charge on any atom is -0.350 e. The van der Waals surface area contributed by atoms with E-state index in [2.05, 4.69) is 12.2 Å². The second-order valence-electron chi connectivity index (χ2n) is 6.94. The van der Waals surface area contributed by atoms with Gasteiger partial charge >= 0.3 is 0 Å². The lowest BCUT2D eigenvalue weighted by molar-refractivity contribution is -0.927. The third-order valence-electron chi connectivity index (χ3n) is 5.34. The fourth-order valence-corrected chi connectivity index (χ4v) is 4.89. The third kappa shape index (κ3) is 5.16. The first kappa shape index (κ1) is 18.7. The van der Waals surface area contributed by atoms with E-state index in [0.717, 1.165) is 19.4 Å². The van der Waals surface area contributed by atoms with Crippen molar-refractivity contribution < 1.29 is 18.1 Å². The van der Waals surface area contributed by atoms with Gasteiger partial charge in [-0.15, -0.1) is 0 Å². The molecule has 1 amide bonds. The summed E-state index contributed by atoms with van der Waals surface area (Å²) in [5, 5.41) is 3.03. The van der Waals surface area contributed by atoms with E-state index in [1.54, 1.807) is 11.8 Å². The SMILES string of the molecule is CCS(=O)(=O)N1CCCC(C(=O)NCC[NH+]2CCCCC2C)C1. The molecule has 0 aromatic rings. The highest BCUT2D eigenvalue weighted by molar-refractivity contribution is 7.89. The fourth-order valence-electron chi connectivity index (χ4n) is 3.71. The van der Waals surface area contributed by atoms with Crippen molar-refractivity contribution in [1.29, 1.82) is 0 Å². The van der Waals surface area contributed by atoms with Crippen molar-refractivity contribution in [2.75, 3.05) is 38.5 Å². The van der Waals surface area contributed by atoms with Gasteiger partial charge in [-0.1, -0.05) is 0 Å². The van der Waals surface area contributed by atoms with Crippen LogP contribution in [0, 0.1) is 5.92 Å². The number of hydrogen-bond acceptors (Lipinski definition) is 3. The van der Waals surface area contributed by atoms with Gasteiger partial charge in [-0.25, -0.2) is 12.7 Å². The zero-order valence-electron chi connectivity index (χ0n) is 14.5. The van der Waals surface area contributed by atoms with E-state index in [4.69, 9.17) is 0 Å². The average molecular weight is 347 g/mol. The molecule has 0 aromatic carbocycles. The number of rotatable bonds is 6. The summed E-state index contributed by atoms with van der Waals surface area (Å²) < 4.78 is 25.4. The van der Waals surface area contributed by atoms with E-state index in [1.807, 2.05) is 0 Å². The molecule has 23 heavy (non-hydrogen) atoms. The summed E-state index contributed by atoms with van der Waals surface area (Å²) in [5.41, 5.74) is 0. The van der Waals surface area contributed by atoms with Crippen LogP contribution >= 0.6 is 0 Å². The Morgan fingerprint density at radius 3 is 2.74 bits per heavy atom. The zero-order chi connectivity index (χ0) is 16.9. The van der Waals surface area contributed by atoms with E-state index in [-0.39, 0.29) is 17.6 Å². The molecule has 2 aliphatic heterocycles. The van der Waals surface area contributed by atoms with Gasteiger partial charge in [0.2, 0.25) is 15.9 Å². The first-order valence-electron chi connectivity index (χ1n) is 9.04. The monoisotopic (exact) mass is 346 g/mol. The first-order valence-corrected chi connectivity index (χ1v) is 10.6. The fraction of sp³-hybridized carbons (Fsp3) is 0.938. The zero-order valence-corrected chi connectivity index (χ0v) is 15.3. The largest absolute Gasteiger partial charge is 0.350 e. The highest BCUT2D eigenvalue weighted by atomic mass is 32.2. The molecule has 0 saturated carbocycles. The number of sulfonamides is 1. The lowest BCUT2D eigenvalue weighted by Gasteiger charge is -2.32. The molecule has 6 nitrogen and oxygen atoms in total. The summed E-state index contributed by atoms with van der Waals surface area (Å²) in [6.45, 7) is 7.69. The molecule has 134 valence electrons. The van der Waals surface area contributed by atoms with Crippen LogP contribution in [0.3, 0.4) is 0 Å². The molecule has 2 aliphatic rings. The topological polar surface area (TPSA) is 70.9 Å². The maximum atomic E-state index is 12.3. The molecule has 7 heteroatoms. The Labute approximate surface area is 140 Å². The number of carbonyl (C=O) groups excluding carboxylic acids is 1. The Morgan fingerprint density at radius 1 is 1.26 bits per heavy atom. The van der Waals surface area contributed by atoms with E-state index < -0.39 is 10.0 Å². The Hall–Kier alpha value is -0.660. The smallest absolute Gasteiger partial charge is 0.224 e. The minimum atomic E-state index is -3.18. The normalized spacial score (nSPS) is 30.1. The molecule has 2 N–H and O–H groups in total. The lowest BCUT2D eigenvalue weighted by atomic mass is 9.99. The molecular weight excluding hydrogens is 314 g/mol. The van der Waals surface area contributed by atoms with Crippen LogP contribution in [0.1, 0.15) is 46.0 Å². The molecule has 2 fully saturated rings. The van der Waals surface area contributed by atoms with Crippen LogP contribution < -0.4 is 10.2 Å². The number of hydrogen-bond donors (Lipinski definition) is 2. The van der Waals surface area contributed by atoms with Crippen molar-refractivity contribution >= 4 is 15.9 Å². The van der Waals surface area contributed by atoms with E-state index in [1.165, 1.54) is 30.1 Å². The van der Waals surface area contributed by atoms with Gasteiger partial charge < -0.3 is 10.2 Å². The number of likely N-dealkylation sites (tertiary alicyclic amines) is 1. The van der Waals surface area contributed by atoms with Crippen molar-refractivity contribution in [3.8, 4) is 0 Å². The minimum absolute atomic E-state index is 0.0186. The van der Waals surface area contributed by atoms with Crippen LogP contribution in [-0.4, -0.2) is 63.1 Å². The first-order chi connectivity index (χ1) is 10.9. The summed E-state index contributed by atoms with van der Waals surface area (Å²) in [7, 11) is -3.18. The number of piperidine rings is 2. The van der Waals surface area contributed by atoms with Crippen LogP contribution in [0.15, 0.2) is 0 Å². The van der Waals surface area contributed by atoms with Gasteiger partial charge in [0.05, 0.1) is 37.3 Å². The van der Waals surface area contributed by atoms with Crippen LogP contribution in [0.4, 0.5) is 0 Å². The van der Waals surface area contributed by atoms with Crippen molar-refractivity contribution in [3.63, 3.8) is 0 Å². The lowest BCUT2D eigenvalue weighted by Crippen LogP contribution is -3.16. The summed E-state index contributed by atoms with van der Waals surface area (Å²) in [4.78, 5) is 13.9. The van der Waals surface area contributed by atoms with Crippen LogP contribution in [0.25, 0.3) is 0 Å². The summed E-state index contributed by atoms with van der Waals surface area (Å²) in [6, 6.07) is 0.681. The molecule has 3 atom stereocenters. The molecule has 2 rings (SSSR count). The van der Waals surface area contributed by atoms with Crippen LogP contribution in [-0.2, 0) is 14.8 Å². The van der Waals surface area contributed by atoms with Gasteiger partial charge in [-0.2, -0.15) is 0 Å². The number of nitrogens with one attached hydrogen (secondary N) is 2. The Bertz CT molecular complexity index is 495.